The summed E-state index contributed by atoms with van der Waals surface area (Å²) in [7, 11) is -2.83. The second-order valence-corrected chi connectivity index (χ2v) is 8.29. The highest BCUT2D eigenvalue weighted by Gasteiger charge is 2.48. The summed E-state index contributed by atoms with van der Waals surface area (Å²) in [6, 6.07) is 0. The minimum absolute atomic E-state index is 0.0455. The van der Waals surface area contributed by atoms with E-state index in [-0.39, 0.29) is 42.7 Å². The molecule has 5 N–H and O–H groups in total. The summed E-state index contributed by atoms with van der Waals surface area (Å²) in [5.41, 5.74) is 1.23. The predicted octanol–water partition coefficient (Wildman–Crippen LogP) is 0.0840. The Morgan fingerprint density at radius 1 is 1.20 bits per heavy atom. The zero-order chi connectivity index (χ0) is 28.5. The van der Waals surface area contributed by atoms with Crippen molar-refractivity contribution in [3.63, 3.8) is 0 Å². The minimum atomic E-state index is -2.83. The Labute approximate surface area is 204 Å². The molecule has 5 atom stereocenters. The van der Waals surface area contributed by atoms with Crippen molar-refractivity contribution in [2.75, 3.05) is 7.04 Å². The number of carboxylic acids is 1. The third kappa shape index (κ3) is 5.25. The van der Waals surface area contributed by atoms with E-state index >= 15 is 0 Å². The molecule has 0 radical (unpaired) electrons. The van der Waals surface area contributed by atoms with Crippen LogP contribution in [0.4, 0.5) is 0 Å². The van der Waals surface area contributed by atoms with Crippen molar-refractivity contribution >= 4 is 17.9 Å². The quantitative estimate of drug-likeness (QED) is 0.240. The topological polar surface area (TPSA) is 189 Å². The SMILES string of the molecule is [2H]C([2H])([2H])Oc1c(C)c2c(c(O)c1C/C=C(\C)CCC(=O)O[C@H]1O[C@@H](C(=O)O)[C@H](O)[C@@H](O)[C@@H]1O)C(=O)OC2. The van der Waals surface area contributed by atoms with E-state index in [0.29, 0.717) is 16.7 Å². The molecule has 0 amide bonds. The van der Waals surface area contributed by atoms with Crippen LogP contribution in [0.1, 0.15) is 50.9 Å². The average molecular weight is 499 g/mol. The van der Waals surface area contributed by atoms with Crippen molar-refractivity contribution in [1.29, 1.82) is 0 Å². The molecule has 2 aliphatic heterocycles. The summed E-state index contributed by atoms with van der Waals surface area (Å²) in [6.45, 7) is 3.05. The van der Waals surface area contributed by atoms with Crippen LogP contribution in [0.2, 0.25) is 0 Å². The van der Waals surface area contributed by atoms with Gasteiger partial charge in [-0.15, -0.1) is 0 Å². The molecule has 3 rings (SSSR count). The Bertz CT molecular complexity index is 1150. The normalized spacial score (nSPS) is 27.8. The standard InChI is InChI=1S/C23H28O12/c1-9(4-6-11-15(25)14-12(8-33-22(14)31)10(2)19(11)32-3)5-7-13(24)34-23-18(28)16(26)17(27)20(35-23)21(29)30/h4,16-18,20,23,25-28H,5-8H2,1-3H3,(H,29,30)/b9-4+/t16-,17-,18+,20-,23+/m1/s1/i3D3. The lowest BCUT2D eigenvalue weighted by Gasteiger charge is -2.37. The first-order chi connectivity index (χ1) is 17.6. The highest BCUT2D eigenvalue weighted by Crippen LogP contribution is 2.42. The van der Waals surface area contributed by atoms with Crippen LogP contribution in [0, 0.1) is 6.92 Å². The number of phenolic OH excluding ortho intramolecular Hbond substituents is 1. The fraction of sp³-hybridized carbons (Fsp3) is 0.522. The molecular formula is C23H28O12. The van der Waals surface area contributed by atoms with Gasteiger partial charge in [0.25, 0.3) is 0 Å². The molecule has 1 aromatic rings. The molecule has 0 saturated carbocycles. The molecule has 0 bridgehead atoms. The molecule has 12 heteroatoms. The van der Waals surface area contributed by atoms with Gasteiger partial charge in [-0.05, 0) is 32.3 Å². The maximum absolute atomic E-state index is 12.3. The number of ether oxygens (including phenoxy) is 4. The van der Waals surface area contributed by atoms with E-state index in [1.54, 1.807) is 19.9 Å². The Hall–Kier alpha value is -3.19. The number of carbonyl (C=O) groups excluding carboxylic acids is 2. The van der Waals surface area contributed by atoms with Gasteiger partial charge in [0.05, 0.1) is 11.2 Å². The van der Waals surface area contributed by atoms with E-state index in [1.165, 1.54) is 0 Å². The van der Waals surface area contributed by atoms with Crippen LogP contribution >= 0.6 is 0 Å². The Balaban J connectivity index is 1.70. The number of benzene rings is 1. The number of esters is 2. The number of aromatic hydroxyl groups is 1. The Kier molecular flexibility index (Phi) is 6.75. The highest BCUT2D eigenvalue weighted by molar-refractivity contribution is 5.98. The van der Waals surface area contributed by atoms with Crippen molar-refractivity contribution in [3.05, 3.63) is 33.9 Å². The van der Waals surface area contributed by atoms with Crippen LogP contribution in [0.15, 0.2) is 11.6 Å². The molecule has 12 nitrogen and oxygen atoms in total. The molecule has 0 aromatic heterocycles. The van der Waals surface area contributed by atoms with Gasteiger partial charge in [0.1, 0.15) is 42.0 Å². The molecule has 1 aromatic carbocycles. The zero-order valence-corrected chi connectivity index (χ0v) is 18.9. The van der Waals surface area contributed by atoms with E-state index in [1.807, 2.05) is 0 Å². The number of carbonyl (C=O) groups is 3. The van der Waals surface area contributed by atoms with Crippen LogP contribution in [0.25, 0.3) is 0 Å². The number of hydrogen-bond donors (Lipinski definition) is 5. The Morgan fingerprint density at radius 3 is 2.57 bits per heavy atom. The van der Waals surface area contributed by atoms with Crippen molar-refractivity contribution < 1.29 is 63.0 Å². The first kappa shape index (κ1) is 22.3. The summed E-state index contributed by atoms with van der Waals surface area (Å²) in [5.74, 6) is -3.85. The van der Waals surface area contributed by atoms with E-state index in [2.05, 4.69) is 0 Å². The number of aliphatic hydroxyl groups excluding tert-OH is 3. The van der Waals surface area contributed by atoms with E-state index < -0.39 is 61.4 Å². The number of hydrogen-bond acceptors (Lipinski definition) is 11. The number of phenols is 1. The zero-order valence-electron chi connectivity index (χ0n) is 21.9. The second kappa shape index (κ2) is 10.6. The second-order valence-electron chi connectivity index (χ2n) is 8.29. The first-order valence-corrected chi connectivity index (χ1v) is 10.6. The number of fused-ring (bicyclic) bond motifs is 1. The lowest BCUT2D eigenvalue weighted by atomic mass is 9.94. The van der Waals surface area contributed by atoms with Crippen molar-refractivity contribution in [1.82, 2.24) is 0 Å². The fourth-order valence-electron chi connectivity index (χ4n) is 3.91. The van der Waals surface area contributed by atoms with Crippen molar-refractivity contribution in [2.24, 2.45) is 0 Å². The van der Waals surface area contributed by atoms with Crippen molar-refractivity contribution in [3.8, 4) is 11.5 Å². The number of methoxy groups -OCH3 is 1. The molecule has 1 fully saturated rings. The number of cyclic esters (lactones) is 1. The van der Waals surface area contributed by atoms with Gasteiger partial charge in [-0.1, -0.05) is 11.6 Å². The number of allylic oxidation sites excluding steroid dienone is 2. The van der Waals surface area contributed by atoms with Gasteiger partial charge >= 0.3 is 17.9 Å². The van der Waals surface area contributed by atoms with Crippen LogP contribution in [0.5, 0.6) is 11.5 Å². The highest BCUT2D eigenvalue weighted by atomic mass is 16.7. The molecular weight excluding hydrogens is 468 g/mol. The van der Waals surface area contributed by atoms with E-state index in [9.17, 15) is 34.8 Å². The van der Waals surface area contributed by atoms with Crippen LogP contribution in [-0.2, 0) is 36.8 Å². The average Bonchev–Trinajstić information content (AvgIpc) is 3.21. The number of rotatable bonds is 8. The predicted molar refractivity (Wildman–Crippen MR) is 116 cm³/mol. The van der Waals surface area contributed by atoms with E-state index in [0.717, 1.165) is 0 Å². The molecule has 2 heterocycles. The lowest BCUT2D eigenvalue weighted by Crippen LogP contribution is -2.60. The van der Waals surface area contributed by atoms with Crippen LogP contribution < -0.4 is 4.74 Å². The van der Waals surface area contributed by atoms with Gasteiger partial charge in [0.15, 0.2) is 6.10 Å². The number of carboxylic acid groups (broad SMARTS) is 1. The van der Waals surface area contributed by atoms with Gasteiger partial charge < -0.3 is 44.5 Å². The smallest absolute Gasteiger partial charge is 0.342 e. The van der Waals surface area contributed by atoms with Gasteiger partial charge in [0.2, 0.25) is 6.29 Å². The molecule has 2 aliphatic rings. The van der Waals surface area contributed by atoms with Crippen LogP contribution in [-0.4, -0.2) is 81.2 Å². The van der Waals surface area contributed by atoms with Crippen molar-refractivity contribution in [2.45, 2.75) is 70.4 Å². The molecule has 0 spiro atoms. The maximum atomic E-state index is 12.3. The summed E-state index contributed by atoms with van der Waals surface area (Å²) in [5, 5.41) is 49.3. The summed E-state index contributed by atoms with van der Waals surface area (Å²) in [6.07, 6.45) is -8.11. The summed E-state index contributed by atoms with van der Waals surface area (Å²) in [4.78, 5) is 35.5. The maximum Gasteiger partial charge on any atom is 0.342 e. The Morgan fingerprint density at radius 2 is 1.91 bits per heavy atom. The number of aliphatic carboxylic acids is 1. The number of aliphatic hydroxyl groups is 3. The molecule has 0 unspecified atom stereocenters. The van der Waals surface area contributed by atoms with E-state index in [4.69, 9.17) is 28.2 Å². The largest absolute Gasteiger partial charge is 0.507 e. The monoisotopic (exact) mass is 499 g/mol. The minimum Gasteiger partial charge on any atom is -0.507 e. The van der Waals surface area contributed by atoms with Gasteiger partial charge in [-0.25, -0.2) is 9.59 Å². The fourth-order valence-corrected chi connectivity index (χ4v) is 3.91. The summed E-state index contributed by atoms with van der Waals surface area (Å²) < 4.78 is 42.3. The van der Waals surface area contributed by atoms with Gasteiger partial charge in [0, 0.05) is 17.5 Å². The molecule has 192 valence electrons. The third-order valence-electron chi connectivity index (χ3n) is 5.98. The molecule has 1 saturated heterocycles. The third-order valence-corrected chi connectivity index (χ3v) is 5.98. The summed E-state index contributed by atoms with van der Waals surface area (Å²) >= 11 is 0. The molecule has 0 aliphatic carbocycles. The van der Waals surface area contributed by atoms with Gasteiger partial charge in [-0.2, -0.15) is 0 Å². The van der Waals surface area contributed by atoms with Crippen LogP contribution in [0.3, 0.4) is 0 Å². The lowest BCUT2D eigenvalue weighted by molar-refractivity contribution is -0.286. The van der Waals surface area contributed by atoms with Gasteiger partial charge in [-0.3, -0.25) is 4.79 Å². The first-order valence-electron chi connectivity index (χ1n) is 12.1. The molecule has 35 heavy (non-hydrogen) atoms.